The number of aromatic nitrogens is 3. The number of methoxy groups -OCH3 is 1. The second-order valence-electron chi connectivity index (χ2n) is 10.3. The highest BCUT2D eigenvalue weighted by atomic mass is 79.9. The topological polar surface area (TPSA) is 115 Å². The minimum absolute atomic E-state index is 0.0610. The first-order chi connectivity index (χ1) is 21.9. The van der Waals surface area contributed by atoms with Gasteiger partial charge in [-0.3, -0.25) is 14.2 Å². The Morgan fingerprint density at radius 2 is 1.80 bits per heavy atom. The first-order valence-corrected chi connectivity index (χ1v) is 15.9. The SMILES string of the molecule is COc1ccccc1-n1c(CNC(=O)c2ccco2)nnc1SCC(=O)N1N=C(c2ccc(Br)cc2)CC1c1ccc(C)cc1. The Labute approximate surface area is 272 Å². The number of thioether (sulfide) groups is 1. The molecule has 228 valence electrons. The number of nitrogens with zero attached hydrogens (tertiary/aromatic N) is 5. The number of nitrogens with one attached hydrogen (secondary N) is 1. The molecule has 1 aliphatic rings. The van der Waals surface area contributed by atoms with Gasteiger partial charge in [0.15, 0.2) is 16.7 Å². The number of carbonyl (C=O) groups excluding carboxylic acids is 2. The number of hydrogen-bond donors (Lipinski definition) is 1. The number of amides is 2. The average molecular weight is 686 g/mol. The van der Waals surface area contributed by atoms with Crippen molar-refractivity contribution in [2.45, 2.75) is 31.1 Å². The third kappa shape index (κ3) is 6.71. The van der Waals surface area contributed by atoms with Crippen LogP contribution in [0, 0.1) is 6.92 Å². The number of hydrogen-bond acceptors (Lipinski definition) is 8. The molecule has 2 aromatic heterocycles. The van der Waals surface area contributed by atoms with E-state index >= 15 is 0 Å². The fraction of sp³-hybridized carbons (Fsp3) is 0.182. The van der Waals surface area contributed by atoms with E-state index in [4.69, 9.17) is 14.3 Å². The molecule has 0 saturated carbocycles. The molecule has 12 heteroatoms. The zero-order chi connectivity index (χ0) is 31.3. The number of halogens is 1. The summed E-state index contributed by atoms with van der Waals surface area (Å²) in [4.78, 5) is 26.4. The third-order valence-corrected chi connectivity index (χ3v) is 8.75. The highest BCUT2D eigenvalue weighted by Gasteiger charge is 2.33. The lowest BCUT2D eigenvalue weighted by Gasteiger charge is -2.22. The molecular weight excluding hydrogens is 656 g/mol. The second kappa shape index (κ2) is 13.5. The van der Waals surface area contributed by atoms with Gasteiger partial charge >= 0.3 is 0 Å². The molecule has 1 aliphatic heterocycles. The van der Waals surface area contributed by atoms with Gasteiger partial charge in [0.1, 0.15) is 5.75 Å². The highest BCUT2D eigenvalue weighted by molar-refractivity contribution is 9.10. The lowest BCUT2D eigenvalue weighted by Crippen LogP contribution is -2.28. The summed E-state index contributed by atoms with van der Waals surface area (Å²) in [6.07, 6.45) is 2.03. The monoisotopic (exact) mass is 684 g/mol. The average Bonchev–Trinajstić information content (AvgIpc) is 3.84. The number of benzene rings is 3. The maximum Gasteiger partial charge on any atom is 0.287 e. The number of ether oxygens (including phenoxy) is 1. The van der Waals surface area contributed by atoms with Crippen LogP contribution in [0.5, 0.6) is 5.75 Å². The Kier molecular flexibility index (Phi) is 9.13. The van der Waals surface area contributed by atoms with Crippen LogP contribution < -0.4 is 10.1 Å². The van der Waals surface area contributed by atoms with Gasteiger partial charge in [0.05, 0.1) is 43.1 Å². The molecule has 0 radical (unpaired) electrons. The van der Waals surface area contributed by atoms with Crippen LogP contribution in [-0.2, 0) is 11.3 Å². The predicted octanol–water partition coefficient (Wildman–Crippen LogP) is 6.34. The molecule has 0 saturated heterocycles. The van der Waals surface area contributed by atoms with Gasteiger partial charge in [-0.05, 0) is 54.4 Å². The van der Waals surface area contributed by atoms with Gasteiger partial charge in [0.25, 0.3) is 11.8 Å². The van der Waals surface area contributed by atoms with Gasteiger partial charge in [-0.1, -0.05) is 81.8 Å². The summed E-state index contributed by atoms with van der Waals surface area (Å²) in [5.41, 5.74) is 4.65. The lowest BCUT2D eigenvalue weighted by molar-refractivity contribution is -0.130. The van der Waals surface area contributed by atoms with E-state index in [0.29, 0.717) is 28.8 Å². The molecule has 1 N–H and O–H groups in total. The number of aryl methyl sites for hydroxylation is 1. The van der Waals surface area contributed by atoms with Crippen molar-refractivity contribution in [3.8, 4) is 11.4 Å². The van der Waals surface area contributed by atoms with Crippen molar-refractivity contribution in [2.75, 3.05) is 12.9 Å². The van der Waals surface area contributed by atoms with Crippen LogP contribution in [0.3, 0.4) is 0 Å². The Hall–Kier alpha value is -4.68. The summed E-state index contributed by atoms with van der Waals surface area (Å²) in [5.74, 6) is 0.756. The third-order valence-electron chi connectivity index (χ3n) is 7.31. The molecule has 1 unspecified atom stereocenters. The molecular formula is C33H29BrN6O4S. The summed E-state index contributed by atoms with van der Waals surface area (Å²) in [5, 5.41) is 18.5. The van der Waals surface area contributed by atoms with Crippen molar-refractivity contribution < 1.29 is 18.7 Å². The molecule has 0 aliphatic carbocycles. The van der Waals surface area contributed by atoms with Crippen molar-refractivity contribution >= 4 is 45.2 Å². The van der Waals surface area contributed by atoms with Gasteiger partial charge in [-0.25, -0.2) is 5.01 Å². The fourth-order valence-corrected chi connectivity index (χ4v) is 6.10. The largest absolute Gasteiger partial charge is 0.495 e. The van der Waals surface area contributed by atoms with E-state index in [-0.39, 0.29) is 35.9 Å². The van der Waals surface area contributed by atoms with Crippen molar-refractivity contribution in [3.05, 3.63) is 124 Å². The second-order valence-corrected chi connectivity index (χ2v) is 12.1. The molecule has 45 heavy (non-hydrogen) atoms. The lowest BCUT2D eigenvalue weighted by atomic mass is 9.98. The Bertz CT molecular complexity index is 1840. The summed E-state index contributed by atoms with van der Waals surface area (Å²) in [6.45, 7) is 2.11. The number of furan rings is 1. The molecule has 1 atom stereocenters. The smallest absolute Gasteiger partial charge is 0.287 e. The highest BCUT2D eigenvalue weighted by Crippen LogP contribution is 2.35. The summed E-state index contributed by atoms with van der Waals surface area (Å²) in [6, 6.07) is 26.6. The number of para-hydroxylation sites is 2. The Morgan fingerprint density at radius 1 is 1.02 bits per heavy atom. The molecule has 10 nitrogen and oxygen atoms in total. The molecule has 6 rings (SSSR count). The van der Waals surface area contributed by atoms with Crippen molar-refractivity contribution in [2.24, 2.45) is 5.10 Å². The maximum atomic E-state index is 13.9. The van der Waals surface area contributed by atoms with E-state index in [2.05, 4.69) is 43.6 Å². The van der Waals surface area contributed by atoms with Crippen molar-refractivity contribution in [3.63, 3.8) is 0 Å². The number of rotatable bonds is 10. The van der Waals surface area contributed by atoms with E-state index < -0.39 is 0 Å². The van der Waals surface area contributed by atoms with Crippen LogP contribution in [0.1, 0.15) is 45.5 Å². The van der Waals surface area contributed by atoms with Gasteiger partial charge in [-0.2, -0.15) is 5.10 Å². The first-order valence-electron chi connectivity index (χ1n) is 14.2. The van der Waals surface area contributed by atoms with Crippen molar-refractivity contribution in [1.82, 2.24) is 25.1 Å². The zero-order valence-electron chi connectivity index (χ0n) is 24.5. The van der Waals surface area contributed by atoms with Crippen LogP contribution in [-0.4, -0.2) is 50.2 Å². The van der Waals surface area contributed by atoms with E-state index in [0.717, 1.165) is 26.9 Å². The van der Waals surface area contributed by atoms with E-state index in [9.17, 15) is 9.59 Å². The van der Waals surface area contributed by atoms with Crippen LogP contribution in [0.25, 0.3) is 5.69 Å². The van der Waals surface area contributed by atoms with E-state index in [1.54, 1.807) is 28.8 Å². The van der Waals surface area contributed by atoms with E-state index in [1.165, 1.54) is 18.0 Å². The molecule has 0 fully saturated rings. The molecule has 5 aromatic rings. The van der Waals surface area contributed by atoms with Gasteiger partial charge in [-0.15, -0.1) is 10.2 Å². The Balaban J connectivity index is 1.27. The van der Waals surface area contributed by atoms with Gasteiger partial charge in [0, 0.05) is 10.9 Å². The maximum absolute atomic E-state index is 13.9. The molecule has 0 bridgehead atoms. The normalized spacial score (nSPS) is 14.3. The summed E-state index contributed by atoms with van der Waals surface area (Å²) < 4.78 is 13.6. The van der Waals surface area contributed by atoms with E-state index in [1.807, 2.05) is 67.6 Å². The summed E-state index contributed by atoms with van der Waals surface area (Å²) >= 11 is 4.74. The number of hydrazone groups is 1. The molecule has 3 aromatic carbocycles. The number of carbonyl (C=O) groups is 2. The zero-order valence-corrected chi connectivity index (χ0v) is 26.9. The van der Waals surface area contributed by atoms with Crippen LogP contribution in [0.15, 0.2) is 110 Å². The van der Waals surface area contributed by atoms with Crippen molar-refractivity contribution in [1.29, 1.82) is 0 Å². The minimum atomic E-state index is -0.380. The summed E-state index contributed by atoms with van der Waals surface area (Å²) in [7, 11) is 1.58. The predicted molar refractivity (Wildman–Crippen MR) is 175 cm³/mol. The standard InChI is InChI=1S/C33H29BrN6O4S/c1-21-9-11-23(12-10-21)27-18-25(22-13-15-24(34)16-14-22)38-40(27)31(41)20-45-33-37-36-30(19-35-32(42)29-8-5-17-44-29)39(33)26-6-3-4-7-28(26)43-2/h3-17,27H,18-20H2,1-2H3,(H,35,42). The van der Waals surface area contributed by atoms with Crippen LogP contribution in [0.4, 0.5) is 0 Å². The minimum Gasteiger partial charge on any atom is -0.495 e. The Morgan fingerprint density at radius 3 is 2.53 bits per heavy atom. The molecule has 2 amide bonds. The molecule has 3 heterocycles. The van der Waals surface area contributed by atoms with Crippen LogP contribution >= 0.6 is 27.7 Å². The van der Waals surface area contributed by atoms with Crippen LogP contribution in [0.2, 0.25) is 0 Å². The first kappa shape index (κ1) is 30.4. The van der Waals surface area contributed by atoms with Gasteiger partial charge < -0.3 is 14.5 Å². The molecule has 0 spiro atoms. The quantitative estimate of drug-likeness (QED) is 0.171. The van der Waals surface area contributed by atoms with Gasteiger partial charge in [0.2, 0.25) is 0 Å². The fourth-order valence-electron chi connectivity index (χ4n) is 5.02.